The highest BCUT2D eigenvalue weighted by Crippen LogP contribution is 2.35. The lowest BCUT2D eigenvalue weighted by Crippen LogP contribution is -2.41. The van der Waals surface area contributed by atoms with E-state index in [1.165, 1.54) is 17.0 Å². The second-order valence-corrected chi connectivity index (χ2v) is 8.80. The number of nitrogens with zero attached hydrogens (tertiary/aromatic N) is 2. The molecule has 1 aliphatic rings. The average Bonchev–Trinajstić information content (AvgIpc) is 2.82. The maximum Gasteiger partial charge on any atom is 0.264 e. The third kappa shape index (κ3) is 4.34. The molecule has 31 heavy (non-hydrogen) atoms. The molecule has 1 heterocycles. The number of para-hydroxylation sites is 1. The van der Waals surface area contributed by atoms with E-state index in [1.54, 1.807) is 55.6 Å². The Kier molecular flexibility index (Phi) is 5.81. The van der Waals surface area contributed by atoms with Crippen molar-refractivity contribution >= 4 is 27.3 Å². The van der Waals surface area contributed by atoms with Crippen LogP contribution < -0.4 is 18.7 Å². The second kappa shape index (κ2) is 8.69. The van der Waals surface area contributed by atoms with E-state index in [1.807, 2.05) is 18.2 Å². The molecule has 3 aromatic rings. The van der Waals surface area contributed by atoms with Gasteiger partial charge in [0.15, 0.2) is 11.5 Å². The summed E-state index contributed by atoms with van der Waals surface area (Å²) in [7, 11) is -2.38. The van der Waals surface area contributed by atoms with Gasteiger partial charge in [0, 0.05) is 18.8 Å². The summed E-state index contributed by atoms with van der Waals surface area (Å²) >= 11 is 0. The normalized spacial score (nSPS) is 12.8. The molecule has 0 aliphatic carbocycles. The fourth-order valence-electron chi connectivity index (χ4n) is 3.25. The van der Waals surface area contributed by atoms with E-state index in [0.29, 0.717) is 36.1 Å². The minimum absolute atomic E-state index is 0.0973. The van der Waals surface area contributed by atoms with Gasteiger partial charge in [0.05, 0.1) is 10.6 Å². The Morgan fingerprint density at radius 1 is 0.839 bits per heavy atom. The molecule has 4 rings (SSSR count). The number of anilines is 2. The summed E-state index contributed by atoms with van der Waals surface area (Å²) in [5.41, 5.74) is 0.995. The fourth-order valence-corrected chi connectivity index (χ4v) is 4.67. The minimum Gasteiger partial charge on any atom is -0.486 e. The third-order valence-corrected chi connectivity index (χ3v) is 6.73. The number of amides is 1. The van der Waals surface area contributed by atoms with Crippen LogP contribution >= 0.6 is 0 Å². The van der Waals surface area contributed by atoms with Gasteiger partial charge in [-0.1, -0.05) is 36.4 Å². The Balaban J connectivity index is 1.72. The van der Waals surface area contributed by atoms with Crippen molar-refractivity contribution in [3.63, 3.8) is 0 Å². The number of sulfonamides is 1. The number of ether oxygens (including phenoxy) is 2. The first-order chi connectivity index (χ1) is 15.0. The molecule has 3 aromatic carbocycles. The largest absolute Gasteiger partial charge is 0.486 e. The van der Waals surface area contributed by atoms with Crippen LogP contribution in [0.25, 0.3) is 0 Å². The van der Waals surface area contributed by atoms with Gasteiger partial charge < -0.3 is 14.4 Å². The summed E-state index contributed by atoms with van der Waals surface area (Å²) in [6.45, 7) is 0.429. The van der Waals surface area contributed by atoms with Gasteiger partial charge in [0.1, 0.15) is 19.8 Å². The molecule has 0 aromatic heterocycles. The highest BCUT2D eigenvalue weighted by molar-refractivity contribution is 7.92. The van der Waals surface area contributed by atoms with E-state index in [0.717, 1.165) is 4.31 Å². The zero-order chi connectivity index (χ0) is 21.8. The minimum atomic E-state index is -4.00. The summed E-state index contributed by atoms with van der Waals surface area (Å²) < 4.78 is 39.2. The van der Waals surface area contributed by atoms with Crippen molar-refractivity contribution in [2.75, 3.05) is 36.0 Å². The molecule has 0 fully saturated rings. The van der Waals surface area contributed by atoms with Gasteiger partial charge in [-0.15, -0.1) is 0 Å². The van der Waals surface area contributed by atoms with Crippen LogP contribution in [0, 0.1) is 0 Å². The molecule has 0 saturated carbocycles. The molecular formula is C23H22N2O5S. The molecule has 0 spiro atoms. The van der Waals surface area contributed by atoms with Crippen LogP contribution in [0.1, 0.15) is 0 Å². The highest BCUT2D eigenvalue weighted by atomic mass is 32.2. The van der Waals surface area contributed by atoms with Gasteiger partial charge in [-0.25, -0.2) is 8.42 Å². The lowest BCUT2D eigenvalue weighted by Gasteiger charge is -2.28. The van der Waals surface area contributed by atoms with Crippen LogP contribution in [-0.4, -0.2) is 41.1 Å². The summed E-state index contributed by atoms with van der Waals surface area (Å²) in [6.07, 6.45) is 0. The van der Waals surface area contributed by atoms with Crippen molar-refractivity contribution in [2.45, 2.75) is 4.90 Å². The zero-order valence-corrected chi connectivity index (χ0v) is 17.8. The molecule has 0 radical (unpaired) electrons. The van der Waals surface area contributed by atoms with Crippen molar-refractivity contribution in [1.29, 1.82) is 0 Å². The number of carbonyl (C=O) groups excluding carboxylic acids is 1. The maximum atomic E-state index is 13.5. The molecule has 0 saturated heterocycles. The quantitative estimate of drug-likeness (QED) is 0.590. The SMILES string of the molecule is CN(C(=O)CN(c1ccc2c(c1)OCCO2)S(=O)(=O)c1ccccc1)c1ccccc1. The van der Waals surface area contributed by atoms with Crippen LogP contribution in [0.2, 0.25) is 0 Å². The smallest absolute Gasteiger partial charge is 0.264 e. The summed E-state index contributed by atoms with van der Waals surface area (Å²) in [4.78, 5) is 14.6. The lowest BCUT2D eigenvalue weighted by atomic mass is 10.2. The first kappa shape index (κ1) is 20.7. The van der Waals surface area contributed by atoms with Gasteiger partial charge in [-0.2, -0.15) is 0 Å². The van der Waals surface area contributed by atoms with E-state index in [4.69, 9.17) is 9.47 Å². The Labute approximate surface area is 181 Å². The van der Waals surface area contributed by atoms with Gasteiger partial charge in [-0.05, 0) is 36.4 Å². The van der Waals surface area contributed by atoms with Crippen LogP contribution in [0.15, 0.2) is 83.8 Å². The molecule has 1 aliphatic heterocycles. The lowest BCUT2D eigenvalue weighted by molar-refractivity contribution is -0.116. The number of hydrogen-bond donors (Lipinski definition) is 0. The van der Waals surface area contributed by atoms with Crippen LogP contribution in [0.5, 0.6) is 11.5 Å². The fraction of sp³-hybridized carbons (Fsp3) is 0.174. The van der Waals surface area contributed by atoms with Crippen LogP contribution in [0.3, 0.4) is 0 Å². The standard InChI is InChI=1S/C23H22N2O5S/c1-24(18-8-4-2-5-9-18)23(26)17-25(31(27,28)20-10-6-3-7-11-20)19-12-13-21-22(16-19)30-15-14-29-21/h2-13,16H,14-15,17H2,1H3. The van der Waals surface area contributed by atoms with Crippen molar-refractivity contribution < 1.29 is 22.7 Å². The summed E-state index contributed by atoms with van der Waals surface area (Å²) in [5.74, 6) is 0.612. The first-order valence-corrected chi connectivity index (χ1v) is 11.2. The predicted molar refractivity (Wildman–Crippen MR) is 118 cm³/mol. The maximum absolute atomic E-state index is 13.5. The van der Waals surface area contributed by atoms with Crippen molar-refractivity contribution in [3.8, 4) is 11.5 Å². The Bertz CT molecular complexity index is 1170. The molecule has 8 heteroatoms. The monoisotopic (exact) mass is 438 g/mol. The molecule has 0 N–H and O–H groups in total. The van der Waals surface area contributed by atoms with E-state index in [2.05, 4.69) is 0 Å². The molecule has 0 atom stereocenters. The van der Waals surface area contributed by atoms with E-state index < -0.39 is 10.0 Å². The number of benzene rings is 3. The Morgan fingerprint density at radius 2 is 1.45 bits per heavy atom. The zero-order valence-electron chi connectivity index (χ0n) is 17.0. The summed E-state index contributed by atoms with van der Waals surface area (Å²) in [6, 6.07) is 22.0. The summed E-state index contributed by atoms with van der Waals surface area (Å²) in [5, 5.41) is 0. The Morgan fingerprint density at radius 3 is 2.13 bits per heavy atom. The number of likely N-dealkylation sites (N-methyl/N-ethyl adjacent to an activating group) is 1. The van der Waals surface area contributed by atoms with Gasteiger partial charge >= 0.3 is 0 Å². The topological polar surface area (TPSA) is 76.2 Å². The van der Waals surface area contributed by atoms with E-state index in [-0.39, 0.29) is 17.3 Å². The van der Waals surface area contributed by atoms with Crippen molar-refractivity contribution in [3.05, 3.63) is 78.9 Å². The molecule has 0 unspecified atom stereocenters. The number of hydrogen-bond acceptors (Lipinski definition) is 5. The van der Waals surface area contributed by atoms with Gasteiger partial charge in [-0.3, -0.25) is 9.10 Å². The molecule has 1 amide bonds. The molecular weight excluding hydrogens is 416 g/mol. The van der Waals surface area contributed by atoms with Gasteiger partial charge in [0.2, 0.25) is 5.91 Å². The van der Waals surface area contributed by atoms with Crippen LogP contribution in [-0.2, 0) is 14.8 Å². The molecule has 0 bridgehead atoms. The number of carbonyl (C=O) groups is 1. The molecule has 7 nitrogen and oxygen atoms in total. The van der Waals surface area contributed by atoms with Crippen LogP contribution in [0.4, 0.5) is 11.4 Å². The van der Waals surface area contributed by atoms with E-state index in [9.17, 15) is 13.2 Å². The average molecular weight is 439 g/mol. The number of fused-ring (bicyclic) bond motifs is 1. The van der Waals surface area contributed by atoms with Crippen molar-refractivity contribution in [1.82, 2.24) is 0 Å². The highest BCUT2D eigenvalue weighted by Gasteiger charge is 2.29. The predicted octanol–water partition coefficient (Wildman–Crippen LogP) is 3.32. The second-order valence-electron chi connectivity index (χ2n) is 6.94. The molecule has 160 valence electrons. The first-order valence-electron chi connectivity index (χ1n) is 9.76. The van der Waals surface area contributed by atoms with Crippen molar-refractivity contribution in [2.24, 2.45) is 0 Å². The van der Waals surface area contributed by atoms with E-state index >= 15 is 0 Å². The Hall–Kier alpha value is -3.52. The van der Waals surface area contributed by atoms with Gasteiger partial charge in [0.25, 0.3) is 10.0 Å². The third-order valence-electron chi connectivity index (χ3n) is 4.94. The number of rotatable bonds is 6.